The molecule has 0 unspecified atom stereocenters. The zero-order valence-electron chi connectivity index (χ0n) is 11.3. The molecule has 2 rings (SSSR count). The van der Waals surface area contributed by atoms with Gasteiger partial charge in [-0.25, -0.2) is 13.2 Å². The Morgan fingerprint density at radius 3 is 2.27 bits per heavy atom. The van der Waals surface area contributed by atoms with E-state index in [9.17, 15) is 13.2 Å². The summed E-state index contributed by atoms with van der Waals surface area (Å²) in [7, 11) is -2.59. The lowest BCUT2D eigenvalue weighted by Crippen LogP contribution is -2.27. The largest absolute Gasteiger partial charge is 0.478 e. The van der Waals surface area contributed by atoms with Gasteiger partial charge in [0.05, 0.1) is 21.2 Å². The van der Waals surface area contributed by atoms with Gasteiger partial charge >= 0.3 is 5.97 Å². The lowest BCUT2D eigenvalue weighted by molar-refractivity contribution is 0.0697. The summed E-state index contributed by atoms with van der Waals surface area (Å²) in [5, 5.41) is 8.99. The number of carboxylic acids is 1. The van der Waals surface area contributed by atoms with Crippen LogP contribution >= 0.6 is 23.2 Å². The summed E-state index contributed by atoms with van der Waals surface area (Å²) in [6, 6.07) is 10.2. The lowest BCUT2D eigenvalue weighted by atomic mass is 10.2. The summed E-state index contributed by atoms with van der Waals surface area (Å²) in [6.45, 7) is 0. The first-order valence-corrected chi connectivity index (χ1v) is 8.21. The van der Waals surface area contributed by atoms with Crippen LogP contribution in [0.3, 0.4) is 0 Å². The van der Waals surface area contributed by atoms with E-state index in [0.717, 1.165) is 4.31 Å². The van der Waals surface area contributed by atoms with Crippen LogP contribution in [0, 0.1) is 0 Å². The van der Waals surface area contributed by atoms with Crippen molar-refractivity contribution in [3.63, 3.8) is 0 Å². The van der Waals surface area contributed by atoms with Gasteiger partial charge in [-0.05, 0) is 24.3 Å². The minimum atomic E-state index is -3.88. The molecule has 2 aromatic rings. The van der Waals surface area contributed by atoms with Gasteiger partial charge in [0.15, 0.2) is 0 Å². The van der Waals surface area contributed by atoms with Crippen LogP contribution in [0.4, 0.5) is 5.69 Å². The minimum Gasteiger partial charge on any atom is -0.478 e. The molecule has 8 heteroatoms. The van der Waals surface area contributed by atoms with Gasteiger partial charge in [0.2, 0.25) is 0 Å². The van der Waals surface area contributed by atoms with Crippen LogP contribution in [0.2, 0.25) is 10.0 Å². The maximum Gasteiger partial charge on any atom is 0.337 e. The molecule has 0 heterocycles. The Labute approximate surface area is 137 Å². The van der Waals surface area contributed by atoms with Gasteiger partial charge in [0, 0.05) is 12.1 Å². The predicted molar refractivity (Wildman–Crippen MR) is 85.5 cm³/mol. The van der Waals surface area contributed by atoms with Gasteiger partial charge in [-0.15, -0.1) is 0 Å². The van der Waals surface area contributed by atoms with E-state index < -0.39 is 16.0 Å². The summed E-state index contributed by atoms with van der Waals surface area (Å²) in [5.41, 5.74) is -0.269. The van der Waals surface area contributed by atoms with Crippen molar-refractivity contribution in [3.8, 4) is 0 Å². The number of hydrogen-bond donors (Lipinski definition) is 1. The van der Waals surface area contributed by atoms with Crippen molar-refractivity contribution < 1.29 is 18.3 Å². The first-order valence-electron chi connectivity index (χ1n) is 6.01. The third-order valence-electron chi connectivity index (χ3n) is 2.99. The Bertz CT molecular complexity index is 822. The number of halogens is 2. The summed E-state index contributed by atoms with van der Waals surface area (Å²) in [5.74, 6) is -1.29. The van der Waals surface area contributed by atoms with Crippen molar-refractivity contribution in [1.29, 1.82) is 0 Å². The number of carboxylic acid groups (broad SMARTS) is 1. The fourth-order valence-electron chi connectivity index (χ4n) is 1.84. The molecule has 0 aliphatic heterocycles. The van der Waals surface area contributed by atoms with Gasteiger partial charge in [0.1, 0.15) is 0 Å². The molecule has 116 valence electrons. The molecule has 0 amide bonds. The average Bonchev–Trinajstić information content (AvgIpc) is 2.49. The van der Waals surface area contributed by atoms with Gasteiger partial charge < -0.3 is 5.11 Å². The zero-order valence-corrected chi connectivity index (χ0v) is 13.7. The van der Waals surface area contributed by atoms with Crippen LogP contribution in [0.1, 0.15) is 10.4 Å². The number of carbonyl (C=O) groups is 1. The molecule has 5 nitrogen and oxygen atoms in total. The molecule has 0 aliphatic carbocycles. The molecule has 0 fully saturated rings. The maximum atomic E-state index is 12.6. The highest BCUT2D eigenvalue weighted by Crippen LogP contribution is 2.35. The third kappa shape index (κ3) is 3.04. The van der Waals surface area contributed by atoms with Crippen molar-refractivity contribution >= 4 is 44.9 Å². The molecule has 0 aliphatic rings. The first kappa shape index (κ1) is 16.6. The topological polar surface area (TPSA) is 74.7 Å². The van der Waals surface area contributed by atoms with Crippen LogP contribution in [0.5, 0.6) is 0 Å². The normalized spacial score (nSPS) is 11.2. The molecular formula is C14H11Cl2NO4S. The maximum absolute atomic E-state index is 12.6. The van der Waals surface area contributed by atoms with Gasteiger partial charge in [-0.3, -0.25) is 4.31 Å². The van der Waals surface area contributed by atoms with Crippen LogP contribution < -0.4 is 4.31 Å². The number of anilines is 1. The molecule has 0 radical (unpaired) electrons. The van der Waals surface area contributed by atoms with E-state index in [1.165, 1.54) is 31.3 Å². The second-order valence-corrected chi connectivity index (χ2v) is 7.16. The molecular weight excluding hydrogens is 349 g/mol. The molecule has 0 aromatic heterocycles. The van der Waals surface area contributed by atoms with Crippen molar-refractivity contribution in [2.24, 2.45) is 0 Å². The van der Waals surface area contributed by atoms with Crippen molar-refractivity contribution in [1.82, 2.24) is 0 Å². The Kier molecular flexibility index (Phi) is 4.65. The number of hydrogen-bond acceptors (Lipinski definition) is 3. The second-order valence-electron chi connectivity index (χ2n) is 4.38. The summed E-state index contributed by atoms with van der Waals surface area (Å²) < 4.78 is 26.0. The molecule has 0 bridgehead atoms. The molecule has 22 heavy (non-hydrogen) atoms. The minimum absolute atomic E-state index is 0.00424. The Morgan fingerprint density at radius 2 is 1.73 bits per heavy atom. The van der Waals surface area contributed by atoms with Gasteiger partial charge in [-0.2, -0.15) is 0 Å². The third-order valence-corrected chi connectivity index (χ3v) is 5.39. The van der Waals surface area contributed by atoms with E-state index in [2.05, 4.69) is 0 Å². The number of benzene rings is 2. The van der Waals surface area contributed by atoms with Crippen LogP contribution in [0.15, 0.2) is 47.4 Å². The molecule has 0 saturated heterocycles. The Balaban J connectivity index is 2.59. The van der Waals surface area contributed by atoms with E-state index in [0.29, 0.717) is 0 Å². The molecule has 0 spiro atoms. The summed E-state index contributed by atoms with van der Waals surface area (Å²) >= 11 is 11.9. The van der Waals surface area contributed by atoms with Gasteiger partial charge in [-0.1, -0.05) is 41.4 Å². The van der Waals surface area contributed by atoms with E-state index in [1.807, 2.05) is 0 Å². The highest BCUT2D eigenvalue weighted by Gasteiger charge is 2.25. The Morgan fingerprint density at radius 1 is 1.14 bits per heavy atom. The van der Waals surface area contributed by atoms with E-state index >= 15 is 0 Å². The molecule has 2 aromatic carbocycles. The zero-order chi connectivity index (χ0) is 16.5. The number of sulfonamides is 1. The van der Waals surface area contributed by atoms with Gasteiger partial charge in [0.25, 0.3) is 10.0 Å². The standard InChI is InChI=1S/C14H11Cl2NO4S/c1-17(22(20,21)10-5-3-2-4-6-10)12-8-9(15)7-11(13(12)16)14(18)19/h2-8H,1H3,(H,18,19). The van der Waals surface area contributed by atoms with Crippen LogP contribution in [0.25, 0.3) is 0 Å². The Hall–Kier alpha value is -1.76. The molecule has 1 N–H and O–H groups in total. The van der Waals surface area contributed by atoms with Crippen molar-refractivity contribution in [2.45, 2.75) is 4.90 Å². The highest BCUT2D eigenvalue weighted by atomic mass is 35.5. The van der Waals surface area contributed by atoms with Crippen molar-refractivity contribution in [3.05, 3.63) is 58.1 Å². The predicted octanol–water partition coefficient (Wildman–Crippen LogP) is 3.52. The second kappa shape index (κ2) is 6.16. The quantitative estimate of drug-likeness (QED) is 0.905. The van der Waals surface area contributed by atoms with E-state index in [1.54, 1.807) is 18.2 Å². The average molecular weight is 360 g/mol. The molecule has 0 saturated carbocycles. The highest BCUT2D eigenvalue weighted by molar-refractivity contribution is 7.92. The fourth-order valence-corrected chi connectivity index (χ4v) is 3.64. The van der Waals surface area contributed by atoms with E-state index in [-0.39, 0.29) is 26.2 Å². The number of nitrogens with zero attached hydrogens (tertiary/aromatic N) is 1. The first-order chi connectivity index (χ1) is 10.2. The summed E-state index contributed by atoms with van der Waals surface area (Å²) in [4.78, 5) is 11.2. The van der Waals surface area contributed by atoms with E-state index in [4.69, 9.17) is 28.3 Å². The summed E-state index contributed by atoms with van der Waals surface area (Å²) in [6.07, 6.45) is 0. The lowest BCUT2D eigenvalue weighted by Gasteiger charge is -2.21. The molecule has 0 atom stereocenters. The SMILES string of the molecule is CN(c1cc(Cl)cc(C(=O)O)c1Cl)S(=O)(=O)c1ccccc1. The number of aromatic carboxylic acids is 1. The smallest absolute Gasteiger partial charge is 0.337 e. The van der Waals surface area contributed by atoms with Crippen LogP contribution in [-0.2, 0) is 10.0 Å². The van der Waals surface area contributed by atoms with Crippen molar-refractivity contribution in [2.75, 3.05) is 11.4 Å². The fraction of sp³-hybridized carbons (Fsp3) is 0.0714. The van der Waals surface area contributed by atoms with Crippen LogP contribution in [-0.4, -0.2) is 26.5 Å². The number of rotatable bonds is 4. The monoisotopic (exact) mass is 359 g/mol.